The first-order valence-electron chi connectivity index (χ1n) is 6.50. The highest BCUT2D eigenvalue weighted by Crippen LogP contribution is 2.32. The van der Waals surface area contributed by atoms with Gasteiger partial charge in [-0.05, 0) is 18.8 Å². The van der Waals surface area contributed by atoms with E-state index in [2.05, 4.69) is 22.2 Å². The van der Waals surface area contributed by atoms with Gasteiger partial charge in [-0.15, -0.1) is 0 Å². The second-order valence-corrected chi connectivity index (χ2v) is 5.37. The molecular formula is C13H19N3O3. The van der Waals surface area contributed by atoms with Crippen molar-refractivity contribution in [2.45, 2.75) is 38.2 Å². The summed E-state index contributed by atoms with van der Waals surface area (Å²) in [5.41, 5.74) is -0.791. The van der Waals surface area contributed by atoms with Crippen molar-refractivity contribution in [2.75, 3.05) is 11.9 Å². The average molecular weight is 265 g/mol. The summed E-state index contributed by atoms with van der Waals surface area (Å²) >= 11 is 0. The molecule has 1 saturated carbocycles. The number of aromatic carboxylic acids is 1. The first kappa shape index (κ1) is 13.7. The summed E-state index contributed by atoms with van der Waals surface area (Å²) in [6.07, 6.45) is 6.33. The second-order valence-electron chi connectivity index (χ2n) is 5.37. The van der Waals surface area contributed by atoms with E-state index >= 15 is 0 Å². The van der Waals surface area contributed by atoms with Crippen molar-refractivity contribution < 1.29 is 15.0 Å². The lowest BCUT2D eigenvalue weighted by Gasteiger charge is -2.35. The van der Waals surface area contributed by atoms with Gasteiger partial charge in [-0.25, -0.2) is 14.8 Å². The minimum atomic E-state index is -1.10. The normalized spacial score (nSPS) is 26.9. The van der Waals surface area contributed by atoms with E-state index in [0.29, 0.717) is 18.3 Å². The molecule has 1 aromatic rings. The molecule has 0 radical (unpaired) electrons. The Kier molecular flexibility index (Phi) is 3.99. The van der Waals surface area contributed by atoms with Crippen molar-refractivity contribution in [1.82, 2.24) is 9.97 Å². The number of carboxylic acid groups (broad SMARTS) is 1. The van der Waals surface area contributed by atoms with Gasteiger partial charge in [-0.2, -0.15) is 0 Å². The van der Waals surface area contributed by atoms with E-state index in [4.69, 9.17) is 5.11 Å². The van der Waals surface area contributed by atoms with Gasteiger partial charge >= 0.3 is 5.97 Å². The zero-order chi connectivity index (χ0) is 13.9. The summed E-state index contributed by atoms with van der Waals surface area (Å²) in [7, 11) is 0. The topological polar surface area (TPSA) is 95.3 Å². The number of nitrogens with zero attached hydrogens (tertiary/aromatic N) is 2. The van der Waals surface area contributed by atoms with Crippen LogP contribution in [-0.2, 0) is 0 Å². The summed E-state index contributed by atoms with van der Waals surface area (Å²) < 4.78 is 0. The number of hydrogen-bond donors (Lipinski definition) is 3. The average Bonchev–Trinajstić information content (AvgIpc) is 2.37. The number of anilines is 1. The van der Waals surface area contributed by atoms with Crippen molar-refractivity contribution in [3.8, 4) is 0 Å². The van der Waals surface area contributed by atoms with Gasteiger partial charge in [0, 0.05) is 6.54 Å². The predicted molar refractivity (Wildman–Crippen MR) is 70.1 cm³/mol. The van der Waals surface area contributed by atoms with Crippen LogP contribution >= 0.6 is 0 Å². The van der Waals surface area contributed by atoms with Crippen LogP contribution in [0.4, 0.5) is 5.82 Å². The van der Waals surface area contributed by atoms with Crippen LogP contribution in [0, 0.1) is 5.92 Å². The van der Waals surface area contributed by atoms with Crippen molar-refractivity contribution in [1.29, 1.82) is 0 Å². The molecule has 6 nitrogen and oxygen atoms in total. The lowest BCUT2D eigenvalue weighted by atomic mass is 9.79. The summed E-state index contributed by atoms with van der Waals surface area (Å²) in [4.78, 5) is 18.4. The zero-order valence-corrected chi connectivity index (χ0v) is 11.0. The van der Waals surface area contributed by atoms with Crippen molar-refractivity contribution in [3.63, 3.8) is 0 Å². The molecule has 0 aliphatic heterocycles. The smallest absolute Gasteiger partial charge is 0.356 e. The Hall–Kier alpha value is -1.69. The molecule has 0 spiro atoms. The highest BCUT2D eigenvalue weighted by atomic mass is 16.4. The first-order chi connectivity index (χ1) is 8.98. The maximum absolute atomic E-state index is 10.6. The molecular weight excluding hydrogens is 246 g/mol. The molecule has 104 valence electrons. The third-order valence-corrected chi connectivity index (χ3v) is 3.54. The molecule has 6 heteroatoms. The number of rotatable bonds is 4. The Balaban J connectivity index is 1.92. The van der Waals surface area contributed by atoms with Crippen molar-refractivity contribution in [3.05, 3.63) is 18.1 Å². The maximum Gasteiger partial charge on any atom is 0.356 e. The van der Waals surface area contributed by atoms with Crippen molar-refractivity contribution >= 4 is 11.8 Å². The third-order valence-electron chi connectivity index (χ3n) is 3.54. The van der Waals surface area contributed by atoms with Gasteiger partial charge in [0.2, 0.25) is 0 Å². The van der Waals surface area contributed by atoms with Gasteiger partial charge in [-0.3, -0.25) is 0 Å². The minimum absolute atomic E-state index is 0.0875. The molecule has 2 atom stereocenters. The lowest BCUT2D eigenvalue weighted by Crippen LogP contribution is -2.41. The van der Waals surface area contributed by atoms with Crippen molar-refractivity contribution in [2.24, 2.45) is 5.92 Å². The highest BCUT2D eigenvalue weighted by molar-refractivity contribution is 5.84. The van der Waals surface area contributed by atoms with E-state index in [1.165, 1.54) is 12.4 Å². The molecule has 1 heterocycles. The molecule has 1 aliphatic carbocycles. The summed E-state index contributed by atoms with van der Waals surface area (Å²) in [6.45, 7) is 2.56. The zero-order valence-electron chi connectivity index (χ0n) is 11.0. The van der Waals surface area contributed by atoms with Gasteiger partial charge < -0.3 is 15.5 Å². The van der Waals surface area contributed by atoms with Gasteiger partial charge in [0.15, 0.2) is 5.69 Å². The fourth-order valence-electron chi connectivity index (χ4n) is 2.58. The Morgan fingerprint density at radius 1 is 1.53 bits per heavy atom. The van der Waals surface area contributed by atoms with E-state index in [1.807, 2.05) is 0 Å². The summed E-state index contributed by atoms with van der Waals surface area (Å²) in [6, 6.07) is 0. The lowest BCUT2D eigenvalue weighted by molar-refractivity contribution is -0.000843. The van der Waals surface area contributed by atoms with Crippen LogP contribution in [0.1, 0.15) is 43.1 Å². The molecule has 0 saturated heterocycles. The molecule has 1 fully saturated rings. The largest absolute Gasteiger partial charge is 0.476 e. The molecule has 2 rings (SSSR count). The molecule has 1 aliphatic rings. The quantitative estimate of drug-likeness (QED) is 0.764. The molecule has 2 unspecified atom stereocenters. The number of carboxylic acids is 1. The summed E-state index contributed by atoms with van der Waals surface area (Å²) in [5.74, 6) is -0.0866. The molecule has 0 bridgehead atoms. The van der Waals surface area contributed by atoms with Crippen LogP contribution < -0.4 is 5.32 Å². The molecule has 0 aromatic carbocycles. The Bertz CT molecular complexity index is 449. The van der Waals surface area contributed by atoms with E-state index in [9.17, 15) is 9.90 Å². The number of nitrogens with one attached hydrogen (secondary N) is 1. The second kappa shape index (κ2) is 5.52. The number of aliphatic hydroxyl groups is 1. The first-order valence-corrected chi connectivity index (χ1v) is 6.50. The van der Waals surface area contributed by atoms with Crippen LogP contribution in [0.15, 0.2) is 12.4 Å². The van der Waals surface area contributed by atoms with Crippen LogP contribution in [0.5, 0.6) is 0 Å². The Morgan fingerprint density at radius 2 is 2.32 bits per heavy atom. The predicted octanol–water partition coefficient (Wildman–Crippen LogP) is 1.53. The monoisotopic (exact) mass is 265 g/mol. The van der Waals surface area contributed by atoms with Crippen LogP contribution in [0.25, 0.3) is 0 Å². The Labute approximate surface area is 111 Å². The van der Waals surface area contributed by atoms with Gasteiger partial charge in [0.25, 0.3) is 0 Å². The van der Waals surface area contributed by atoms with Crippen LogP contribution in [0.3, 0.4) is 0 Å². The van der Waals surface area contributed by atoms with E-state index in [1.54, 1.807) is 0 Å². The molecule has 19 heavy (non-hydrogen) atoms. The van der Waals surface area contributed by atoms with Crippen LogP contribution in [0.2, 0.25) is 0 Å². The summed E-state index contributed by atoms with van der Waals surface area (Å²) in [5, 5.41) is 22.2. The number of hydrogen-bond acceptors (Lipinski definition) is 5. The van der Waals surface area contributed by atoms with E-state index in [-0.39, 0.29) is 5.69 Å². The number of carbonyl (C=O) groups is 1. The third kappa shape index (κ3) is 3.64. The number of aromatic nitrogens is 2. The SMILES string of the molecule is CC1CCCC(O)(CNc2cnc(C(=O)O)cn2)C1. The molecule has 1 aromatic heterocycles. The maximum atomic E-state index is 10.6. The van der Waals surface area contributed by atoms with E-state index in [0.717, 1.165) is 25.7 Å². The van der Waals surface area contributed by atoms with Gasteiger partial charge in [-0.1, -0.05) is 19.8 Å². The molecule has 3 N–H and O–H groups in total. The van der Waals surface area contributed by atoms with Gasteiger partial charge in [0.05, 0.1) is 18.0 Å². The van der Waals surface area contributed by atoms with Crippen LogP contribution in [-0.4, -0.2) is 38.3 Å². The Morgan fingerprint density at radius 3 is 2.89 bits per heavy atom. The fourth-order valence-corrected chi connectivity index (χ4v) is 2.58. The fraction of sp³-hybridized carbons (Fsp3) is 0.615. The molecule has 0 amide bonds. The standard InChI is InChI=1S/C13H19N3O3/c1-9-3-2-4-13(19,5-9)8-16-11-7-14-10(6-15-11)12(17)18/h6-7,9,19H,2-5,8H2,1H3,(H,15,16)(H,17,18). The minimum Gasteiger partial charge on any atom is -0.476 e. The highest BCUT2D eigenvalue weighted by Gasteiger charge is 2.32. The van der Waals surface area contributed by atoms with Gasteiger partial charge in [0.1, 0.15) is 5.82 Å². The van der Waals surface area contributed by atoms with E-state index < -0.39 is 11.6 Å².